The third-order valence-corrected chi connectivity index (χ3v) is 2.97. The van der Waals surface area contributed by atoms with E-state index in [1.165, 1.54) is 0 Å². The van der Waals surface area contributed by atoms with Gasteiger partial charge in [0.05, 0.1) is 12.3 Å². The first-order valence-electron chi connectivity index (χ1n) is 6.81. The number of carboxylic acid groups (broad SMARTS) is 1. The summed E-state index contributed by atoms with van der Waals surface area (Å²) in [7, 11) is 0. The van der Waals surface area contributed by atoms with Crippen LogP contribution in [-0.4, -0.2) is 41.0 Å². The lowest BCUT2D eigenvalue weighted by Gasteiger charge is -2.32. The lowest BCUT2D eigenvalue weighted by Crippen LogP contribution is -2.45. The summed E-state index contributed by atoms with van der Waals surface area (Å²) in [6.45, 7) is 10.5. The monoisotopic (exact) mass is 272 g/mol. The Kier molecular flexibility index (Phi) is 7.05. The Bertz CT molecular complexity index is 308. The molecule has 0 fully saturated rings. The highest BCUT2D eigenvalue weighted by molar-refractivity contribution is 5.80. The van der Waals surface area contributed by atoms with Crippen molar-refractivity contribution >= 4 is 11.9 Å². The van der Waals surface area contributed by atoms with Crippen LogP contribution < -0.4 is 5.73 Å². The number of carbonyl (C=O) groups is 2. The van der Waals surface area contributed by atoms with E-state index < -0.39 is 5.97 Å². The molecule has 0 rings (SSSR count). The van der Waals surface area contributed by atoms with Crippen molar-refractivity contribution in [3.05, 3.63) is 0 Å². The van der Waals surface area contributed by atoms with Crippen LogP contribution in [0.15, 0.2) is 0 Å². The molecule has 0 radical (unpaired) electrons. The second-order valence-corrected chi connectivity index (χ2v) is 6.47. The molecule has 0 saturated carbocycles. The van der Waals surface area contributed by atoms with Crippen molar-refractivity contribution in [3.8, 4) is 0 Å². The molecule has 0 saturated heterocycles. The number of nitrogens with two attached hydrogens (primary N) is 1. The highest BCUT2D eigenvalue weighted by Crippen LogP contribution is 2.25. The van der Waals surface area contributed by atoms with Crippen molar-refractivity contribution < 1.29 is 14.7 Å². The second-order valence-electron chi connectivity index (χ2n) is 6.47. The van der Waals surface area contributed by atoms with Gasteiger partial charge in [-0.3, -0.25) is 9.59 Å². The molecule has 19 heavy (non-hydrogen) atoms. The minimum absolute atomic E-state index is 0.0131. The van der Waals surface area contributed by atoms with Crippen LogP contribution in [0.2, 0.25) is 0 Å². The molecule has 1 atom stereocenters. The van der Waals surface area contributed by atoms with Crippen LogP contribution in [0.3, 0.4) is 0 Å². The van der Waals surface area contributed by atoms with Gasteiger partial charge in [-0.05, 0) is 25.7 Å². The zero-order valence-corrected chi connectivity index (χ0v) is 12.8. The average Bonchev–Trinajstić information content (AvgIpc) is 2.23. The van der Waals surface area contributed by atoms with Gasteiger partial charge in [0.25, 0.3) is 0 Å². The van der Waals surface area contributed by atoms with Gasteiger partial charge in [0.2, 0.25) is 5.91 Å². The number of amides is 1. The first kappa shape index (κ1) is 17.9. The van der Waals surface area contributed by atoms with Crippen molar-refractivity contribution in [3.63, 3.8) is 0 Å². The van der Waals surface area contributed by atoms with Gasteiger partial charge in [0, 0.05) is 19.1 Å². The summed E-state index contributed by atoms with van der Waals surface area (Å²) in [6, 6.07) is -0.0131. The Morgan fingerprint density at radius 3 is 2.11 bits per heavy atom. The Morgan fingerprint density at radius 1 is 1.26 bits per heavy atom. The fourth-order valence-corrected chi connectivity index (χ4v) is 2.08. The molecule has 0 aliphatic heterocycles. The van der Waals surface area contributed by atoms with Crippen molar-refractivity contribution in [2.45, 2.75) is 53.5 Å². The molecule has 1 unspecified atom stereocenters. The fraction of sp³-hybridized carbons (Fsp3) is 0.857. The number of carboxylic acids is 1. The molecule has 0 aromatic carbocycles. The minimum Gasteiger partial charge on any atom is -0.481 e. The summed E-state index contributed by atoms with van der Waals surface area (Å²) >= 11 is 0. The summed E-state index contributed by atoms with van der Waals surface area (Å²) in [5.41, 5.74) is 5.73. The van der Waals surface area contributed by atoms with Crippen molar-refractivity contribution in [2.75, 3.05) is 13.1 Å². The zero-order chi connectivity index (χ0) is 15.2. The molecule has 0 bridgehead atoms. The van der Waals surface area contributed by atoms with Crippen LogP contribution in [-0.2, 0) is 9.59 Å². The Morgan fingerprint density at radius 2 is 1.79 bits per heavy atom. The van der Waals surface area contributed by atoms with Gasteiger partial charge < -0.3 is 15.7 Å². The van der Waals surface area contributed by atoms with E-state index in [1.807, 2.05) is 13.8 Å². The van der Waals surface area contributed by atoms with Crippen LogP contribution in [0.4, 0.5) is 0 Å². The van der Waals surface area contributed by atoms with Crippen molar-refractivity contribution in [2.24, 2.45) is 17.1 Å². The molecular weight excluding hydrogens is 244 g/mol. The molecule has 0 spiro atoms. The molecule has 0 aromatic heterocycles. The van der Waals surface area contributed by atoms with Crippen LogP contribution in [0.5, 0.6) is 0 Å². The van der Waals surface area contributed by atoms with Crippen LogP contribution in [0.1, 0.15) is 47.5 Å². The third kappa shape index (κ3) is 7.15. The SMILES string of the molecule is CC(C)N(CCC(=O)O)C(=O)C(CN)CC(C)(C)C. The highest BCUT2D eigenvalue weighted by atomic mass is 16.4. The first-order valence-corrected chi connectivity index (χ1v) is 6.81. The number of nitrogens with zero attached hydrogens (tertiary/aromatic N) is 1. The molecule has 112 valence electrons. The maximum atomic E-state index is 12.5. The molecule has 0 aromatic rings. The summed E-state index contributed by atoms with van der Waals surface area (Å²) < 4.78 is 0. The molecule has 5 heteroatoms. The quantitative estimate of drug-likeness (QED) is 0.739. The van der Waals surface area contributed by atoms with Gasteiger partial charge in [-0.1, -0.05) is 20.8 Å². The zero-order valence-electron chi connectivity index (χ0n) is 12.8. The van der Waals surface area contributed by atoms with Crippen LogP contribution in [0.25, 0.3) is 0 Å². The molecule has 1 amide bonds. The standard InChI is InChI=1S/C14H28N2O3/c1-10(2)16(7-6-12(17)18)13(19)11(9-15)8-14(3,4)5/h10-11H,6-9,15H2,1-5H3,(H,17,18). The summed E-state index contributed by atoms with van der Waals surface area (Å²) in [5, 5.41) is 8.75. The number of hydrogen-bond acceptors (Lipinski definition) is 3. The predicted molar refractivity (Wildman–Crippen MR) is 75.7 cm³/mol. The van der Waals surface area contributed by atoms with Gasteiger partial charge in [0.15, 0.2) is 0 Å². The molecule has 3 N–H and O–H groups in total. The third-order valence-electron chi connectivity index (χ3n) is 2.97. The number of rotatable bonds is 7. The van der Waals surface area contributed by atoms with E-state index in [9.17, 15) is 9.59 Å². The molecule has 0 aliphatic carbocycles. The smallest absolute Gasteiger partial charge is 0.305 e. The van der Waals surface area contributed by atoms with Gasteiger partial charge >= 0.3 is 5.97 Å². The second kappa shape index (κ2) is 7.48. The lowest BCUT2D eigenvalue weighted by molar-refractivity contribution is -0.141. The Balaban J connectivity index is 4.80. The number of carbonyl (C=O) groups excluding carboxylic acids is 1. The minimum atomic E-state index is -0.890. The largest absolute Gasteiger partial charge is 0.481 e. The van der Waals surface area contributed by atoms with E-state index in [0.717, 1.165) is 0 Å². The van der Waals surface area contributed by atoms with Gasteiger partial charge in [-0.25, -0.2) is 0 Å². The highest BCUT2D eigenvalue weighted by Gasteiger charge is 2.29. The summed E-state index contributed by atoms with van der Waals surface area (Å²) in [4.78, 5) is 24.7. The Hall–Kier alpha value is -1.10. The molecule has 5 nitrogen and oxygen atoms in total. The fourth-order valence-electron chi connectivity index (χ4n) is 2.08. The summed E-state index contributed by atoms with van der Waals surface area (Å²) in [6.07, 6.45) is 0.676. The van der Waals surface area contributed by atoms with E-state index in [4.69, 9.17) is 10.8 Å². The summed E-state index contributed by atoms with van der Waals surface area (Å²) in [5.74, 6) is -1.16. The normalized spacial score (nSPS) is 13.4. The van der Waals surface area contributed by atoms with Crippen LogP contribution in [0, 0.1) is 11.3 Å². The van der Waals surface area contributed by atoms with E-state index >= 15 is 0 Å². The van der Waals surface area contributed by atoms with Gasteiger partial charge in [-0.2, -0.15) is 0 Å². The topological polar surface area (TPSA) is 83.6 Å². The molecular formula is C14H28N2O3. The molecule has 0 aliphatic rings. The van der Waals surface area contributed by atoms with Crippen molar-refractivity contribution in [1.82, 2.24) is 4.90 Å². The van der Waals surface area contributed by atoms with Crippen LogP contribution >= 0.6 is 0 Å². The van der Waals surface area contributed by atoms with Crippen molar-refractivity contribution in [1.29, 1.82) is 0 Å². The van der Waals surface area contributed by atoms with E-state index in [-0.39, 0.29) is 36.2 Å². The maximum absolute atomic E-state index is 12.5. The van der Waals surface area contributed by atoms with Gasteiger partial charge in [0.1, 0.15) is 0 Å². The first-order chi connectivity index (χ1) is 8.58. The van der Waals surface area contributed by atoms with Gasteiger partial charge in [-0.15, -0.1) is 0 Å². The van der Waals surface area contributed by atoms with E-state index in [2.05, 4.69) is 20.8 Å². The maximum Gasteiger partial charge on any atom is 0.305 e. The average molecular weight is 272 g/mol. The Labute approximate surface area is 116 Å². The number of aliphatic carboxylic acids is 1. The molecule has 0 heterocycles. The lowest BCUT2D eigenvalue weighted by atomic mass is 9.84. The van der Waals surface area contributed by atoms with E-state index in [0.29, 0.717) is 13.0 Å². The predicted octanol–water partition coefficient (Wildman–Crippen LogP) is 1.71. The van der Waals surface area contributed by atoms with E-state index in [1.54, 1.807) is 4.90 Å². The number of hydrogen-bond donors (Lipinski definition) is 2.